The maximum Gasteiger partial charge on any atom is 0.322 e. The Morgan fingerprint density at radius 1 is 1.71 bits per heavy atom. The van der Waals surface area contributed by atoms with E-state index in [0.717, 1.165) is 0 Å². The number of carbonyl (C=O) groups is 1. The molecule has 14 heavy (non-hydrogen) atoms. The van der Waals surface area contributed by atoms with E-state index in [1.807, 2.05) is 0 Å². The summed E-state index contributed by atoms with van der Waals surface area (Å²) in [6.07, 6.45) is 0. The minimum Gasteiger partial charge on any atom is -0.480 e. The maximum absolute atomic E-state index is 11.8. The van der Waals surface area contributed by atoms with Gasteiger partial charge in [0, 0.05) is 12.2 Å². The molecule has 1 unspecified atom stereocenters. The summed E-state index contributed by atoms with van der Waals surface area (Å²) in [6, 6.07) is -1.01. The van der Waals surface area contributed by atoms with Crippen LogP contribution in [0.25, 0.3) is 0 Å². The number of aliphatic carboxylic acids is 1. The van der Waals surface area contributed by atoms with Gasteiger partial charge in [-0.15, -0.1) is 0 Å². The SMILES string of the molecule is C=C(CF)NCCOCC(N)C(=O)O. The van der Waals surface area contributed by atoms with E-state index in [1.54, 1.807) is 0 Å². The molecule has 6 heteroatoms. The van der Waals surface area contributed by atoms with Crippen LogP contribution in [0.4, 0.5) is 4.39 Å². The number of carboxylic acid groups (broad SMARTS) is 1. The molecule has 0 aromatic carbocycles. The van der Waals surface area contributed by atoms with Crippen LogP contribution in [-0.4, -0.2) is 43.6 Å². The highest BCUT2D eigenvalue weighted by atomic mass is 19.1. The van der Waals surface area contributed by atoms with Gasteiger partial charge in [0.25, 0.3) is 0 Å². The number of halogens is 1. The first-order chi connectivity index (χ1) is 6.57. The smallest absolute Gasteiger partial charge is 0.322 e. The maximum atomic E-state index is 11.8. The molecule has 5 nitrogen and oxygen atoms in total. The van der Waals surface area contributed by atoms with Crippen molar-refractivity contribution in [3.63, 3.8) is 0 Å². The highest BCUT2D eigenvalue weighted by Gasteiger charge is 2.10. The lowest BCUT2D eigenvalue weighted by atomic mass is 10.3. The van der Waals surface area contributed by atoms with Crippen molar-refractivity contribution in [1.82, 2.24) is 5.32 Å². The predicted octanol–water partition coefficient (Wildman–Crippen LogP) is -0.512. The Balaban J connectivity index is 3.30. The summed E-state index contributed by atoms with van der Waals surface area (Å²) in [5.41, 5.74) is 5.44. The molecule has 0 saturated carbocycles. The van der Waals surface area contributed by atoms with Crippen LogP contribution in [0.15, 0.2) is 12.3 Å². The zero-order valence-electron chi connectivity index (χ0n) is 7.83. The summed E-state index contributed by atoms with van der Waals surface area (Å²) in [5, 5.41) is 11.0. The lowest BCUT2D eigenvalue weighted by Gasteiger charge is -2.09. The molecule has 0 heterocycles. The van der Waals surface area contributed by atoms with Gasteiger partial charge in [0.1, 0.15) is 12.7 Å². The molecular formula is C8H15FN2O3. The van der Waals surface area contributed by atoms with Gasteiger partial charge in [0.2, 0.25) is 0 Å². The van der Waals surface area contributed by atoms with Crippen LogP contribution >= 0.6 is 0 Å². The van der Waals surface area contributed by atoms with E-state index in [0.29, 0.717) is 6.54 Å². The topological polar surface area (TPSA) is 84.6 Å². The average Bonchev–Trinajstić information content (AvgIpc) is 2.16. The Bertz CT molecular complexity index is 199. The van der Waals surface area contributed by atoms with Crippen molar-refractivity contribution in [2.24, 2.45) is 5.73 Å². The van der Waals surface area contributed by atoms with Crippen molar-refractivity contribution in [1.29, 1.82) is 0 Å². The summed E-state index contributed by atoms with van der Waals surface area (Å²) in [5.74, 6) is -1.11. The number of hydrogen-bond donors (Lipinski definition) is 3. The van der Waals surface area contributed by atoms with Gasteiger partial charge in [0.15, 0.2) is 0 Å². The fraction of sp³-hybridized carbons (Fsp3) is 0.625. The molecule has 0 radical (unpaired) electrons. The highest BCUT2D eigenvalue weighted by Crippen LogP contribution is 1.85. The predicted molar refractivity (Wildman–Crippen MR) is 49.5 cm³/mol. The van der Waals surface area contributed by atoms with Gasteiger partial charge in [0.05, 0.1) is 13.2 Å². The summed E-state index contributed by atoms with van der Waals surface area (Å²) >= 11 is 0. The quantitative estimate of drug-likeness (QED) is 0.466. The minimum atomic E-state index is -1.11. The van der Waals surface area contributed by atoms with Crippen LogP contribution in [0.2, 0.25) is 0 Å². The molecule has 0 aromatic heterocycles. The molecule has 0 rings (SSSR count). The molecule has 0 spiro atoms. The molecule has 0 aliphatic carbocycles. The number of nitrogens with one attached hydrogen (secondary N) is 1. The van der Waals surface area contributed by atoms with Crippen molar-refractivity contribution in [2.75, 3.05) is 26.4 Å². The standard InChI is InChI=1S/C8H15FN2O3/c1-6(4-9)11-2-3-14-5-7(10)8(12)13/h7,11H,1-5,10H2,(H,12,13). The summed E-state index contributed by atoms with van der Waals surface area (Å²) in [6.45, 7) is 3.33. The fourth-order valence-corrected chi connectivity index (χ4v) is 0.629. The molecular weight excluding hydrogens is 191 g/mol. The molecule has 0 aliphatic heterocycles. The highest BCUT2D eigenvalue weighted by molar-refractivity contribution is 5.73. The van der Waals surface area contributed by atoms with Crippen molar-refractivity contribution in [3.8, 4) is 0 Å². The van der Waals surface area contributed by atoms with Crippen molar-refractivity contribution < 1.29 is 19.0 Å². The van der Waals surface area contributed by atoms with E-state index in [9.17, 15) is 9.18 Å². The second-order valence-electron chi connectivity index (χ2n) is 2.68. The monoisotopic (exact) mass is 206 g/mol. The van der Waals surface area contributed by atoms with Crippen molar-refractivity contribution >= 4 is 5.97 Å². The first-order valence-corrected chi connectivity index (χ1v) is 4.11. The Labute approximate surface area is 81.7 Å². The first kappa shape index (κ1) is 12.9. The number of alkyl halides is 1. The zero-order chi connectivity index (χ0) is 11.0. The summed E-state index contributed by atoms with van der Waals surface area (Å²) in [4.78, 5) is 10.2. The Morgan fingerprint density at radius 2 is 2.36 bits per heavy atom. The number of rotatable bonds is 8. The first-order valence-electron chi connectivity index (χ1n) is 4.11. The van der Waals surface area contributed by atoms with Gasteiger partial charge in [-0.05, 0) is 0 Å². The van der Waals surface area contributed by atoms with Gasteiger partial charge in [-0.25, -0.2) is 4.39 Å². The number of hydrogen-bond acceptors (Lipinski definition) is 4. The molecule has 0 fully saturated rings. The summed E-state index contributed by atoms with van der Waals surface area (Å²) < 4.78 is 16.7. The molecule has 1 atom stereocenters. The second kappa shape index (κ2) is 7.28. The van der Waals surface area contributed by atoms with E-state index in [1.165, 1.54) is 0 Å². The number of allylic oxidation sites excluding steroid dienone is 1. The van der Waals surface area contributed by atoms with Crippen LogP contribution in [-0.2, 0) is 9.53 Å². The zero-order valence-corrected chi connectivity index (χ0v) is 7.83. The van der Waals surface area contributed by atoms with E-state index >= 15 is 0 Å². The summed E-state index contributed by atoms with van der Waals surface area (Å²) in [7, 11) is 0. The number of nitrogens with two attached hydrogens (primary N) is 1. The molecule has 82 valence electrons. The lowest BCUT2D eigenvalue weighted by Crippen LogP contribution is -2.35. The van der Waals surface area contributed by atoms with Crippen LogP contribution in [0, 0.1) is 0 Å². The molecule has 0 bridgehead atoms. The lowest BCUT2D eigenvalue weighted by molar-refractivity contribution is -0.139. The van der Waals surface area contributed by atoms with Crippen LogP contribution in [0.1, 0.15) is 0 Å². The van der Waals surface area contributed by atoms with Crippen LogP contribution < -0.4 is 11.1 Å². The van der Waals surface area contributed by atoms with Crippen LogP contribution in [0.3, 0.4) is 0 Å². The molecule has 0 aliphatic rings. The van der Waals surface area contributed by atoms with Crippen molar-refractivity contribution in [2.45, 2.75) is 6.04 Å². The largest absolute Gasteiger partial charge is 0.480 e. The number of carboxylic acids is 1. The Kier molecular flexibility index (Phi) is 6.69. The minimum absolute atomic E-state index is 0.0564. The van der Waals surface area contributed by atoms with E-state index < -0.39 is 18.7 Å². The molecule has 0 saturated heterocycles. The fourth-order valence-electron chi connectivity index (χ4n) is 0.629. The van der Waals surface area contributed by atoms with E-state index in [-0.39, 0.29) is 18.9 Å². The molecule has 0 amide bonds. The average molecular weight is 206 g/mol. The van der Waals surface area contributed by atoms with Gasteiger partial charge >= 0.3 is 5.97 Å². The molecule has 0 aromatic rings. The van der Waals surface area contributed by atoms with E-state index in [2.05, 4.69) is 11.9 Å². The third-order valence-electron chi connectivity index (χ3n) is 1.40. The van der Waals surface area contributed by atoms with Gasteiger partial charge in [-0.1, -0.05) is 6.58 Å². The third kappa shape index (κ3) is 6.38. The van der Waals surface area contributed by atoms with Gasteiger partial charge in [-0.3, -0.25) is 4.79 Å². The van der Waals surface area contributed by atoms with Gasteiger partial charge < -0.3 is 20.9 Å². The third-order valence-corrected chi connectivity index (χ3v) is 1.40. The van der Waals surface area contributed by atoms with Crippen LogP contribution in [0.5, 0.6) is 0 Å². The normalized spacial score (nSPS) is 12.1. The number of ether oxygens (including phenoxy) is 1. The van der Waals surface area contributed by atoms with Gasteiger partial charge in [-0.2, -0.15) is 0 Å². The Morgan fingerprint density at radius 3 is 2.86 bits per heavy atom. The molecule has 4 N–H and O–H groups in total. The second-order valence-corrected chi connectivity index (χ2v) is 2.68. The Hall–Kier alpha value is -1.14. The van der Waals surface area contributed by atoms with E-state index in [4.69, 9.17) is 15.6 Å². The van der Waals surface area contributed by atoms with Crippen molar-refractivity contribution in [3.05, 3.63) is 12.3 Å².